The second-order valence-electron chi connectivity index (χ2n) is 25.3. The zero-order chi connectivity index (χ0) is 61.9. The van der Waals surface area contributed by atoms with Crippen molar-refractivity contribution in [3.63, 3.8) is 0 Å². The minimum Gasteiger partial charge on any atom is -0.456 e. The molecule has 0 saturated carbocycles. The lowest BCUT2D eigenvalue weighted by molar-refractivity contribution is 0.426. The van der Waals surface area contributed by atoms with Gasteiger partial charge in [-0.2, -0.15) is 0 Å². The normalized spacial score (nSPS) is 13.6. The molecule has 0 saturated heterocycles. The maximum absolute atomic E-state index is 9.12. The number of aromatic nitrogens is 6. The maximum atomic E-state index is 9.12. The summed E-state index contributed by atoms with van der Waals surface area (Å²) in [6, 6.07) is 88.3. The molecule has 20 rings (SSSR count). The zero-order valence-electron chi connectivity index (χ0n) is 50.6. The maximum Gasteiger partial charge on any atom is 0.488 e. The molecular formula is C80H56BClN6O4. The first kappa shape index (κ1) is 54.0. The summed E-state index contributed by atoms with van der Waals surface area (Å²) in [5, 5.41) is 23.1. The molecule has 0 fully saturated rings. The molecule has 92 heavy (non-hydrogen) atoms. The van der Waals surface area contributed by atoms with E-state index < -0.39 is 7.12 Å². The molecule has 10 nitrogen and oxygen atoms in total. The molecular weight excluding hydrogens is 1160 g/mol. The summed E-state index contributed by atoms with van der Waals surface area (Å²) in [4.78, 5) is 10.2. The number of fused-ring (bicyclic) bond motifs is 22. The number of rotatable bonds is 4. The van der Waals surface area contributed by atoms with Crippen LogP contribution in [0.25, 0.3) is 144 Å². The number of hydrogen-bond acceptors (Lipinski definition) is 6. The minimum atomic E-state index is -1.45. The van der Waals surface area contributed by atoms with Crippen molar-refractivity contribution in [3.8, 4) is 44.8 Å². The standard InChI is InChI=1S/C40H27N3O.C28H20ClN3.C12H9BO3/c1-40(2)31-14-5-3-12-27(31)29-22-35-36(23-32(29)40)42(39-41-33-15-6-7-16-34(33)43(35)39)26-11-9-10-24(20-26)25-18-19-38-30(21-25)28-13-4-8-17-37(28)44-38;1-28(2)21-11-4-3-10-19(21)20-15-25-26(16-22(20)28)31(18-9-7-8-17(29)14-18)27-30-23-12-5-6-13-24(23)32(25)27;14-13(15)8-5-6-12-10(7-8)9-3-1-2-4-11(9)16-12/h3-23H,1-2H3;3-16H,1-2H3;1-7,14-15H. The predicted octanol–water partition coefficient (Wildman–Crippen LogP) is 19.0. The Morgan fingerprint density at radius 3 is 1.37 bits per heavy atom. The van der Waals surface area contributed by atoms with E-state index in [1.54, 1.807) is 18.2 Å². The fraction of sp³-hybridized carbons (Fsp3) is 0.0750. The van der Waals surface area contributed by atoms with Gasteiger partial charge in [-0.15, -0.1) is 0 Å². The van der Waals surface area contributed by atoms with E-state index in [1.807, 2.05) is 60.7 Å². The van der Waals surface area contributed by atoms with Crippen LogP contribution < -0.4 is 5.46 Å². The van der Waals surface area contributed by atoms with Crippen molar-refractivity contribution in [2.24, 2.45) is 0 Å². The van der Waals surface area contributed by atoms with E-state index in [0.29, 0.717) is 10.5 Å². The van der Waals surface area contributed by atoms with Crippen LogP contribution in [0.2, 0.25) is 5.02 Å². The molecule has 0 amide bonds. The van der Waals surface area contributed by atoms with Crippen molar-refractivity contribution in [2.45, 2.75) is 38.5 Å². The highest BCUT2D eigenvalue weighted by Crippen LogP contribution is 2.52. The van der Waals surface area contributed by atoms with E-state index in [-0.39, 0.29) is 10.8 Å². The summed E-state index contributed by atoms with van der Waals surface area (Å²) in [5.41, 5.74) is 27.7. The first-order chi connectivity index (χ1) is 44.8. The van der Waals surface area contributed by atoms with Crippen LogP contribution in [-0.4, -0.2) is 45.1 Å². The van der Waals surface area contributed by atoms with Crippen LogP contribution in [0.1, 0.15) is 49.9 Å². The highest BCUT2D eigenvalue weighted by molar-refractivity contribution is 6.59. The van der Waals surface area contributed by atoms with Gasteiger partial charge in [0, 0.05) is 43.1 Å². The van der Waals surface area contributed by atoms with Crippen molar-refractivity contribution in [3.05, 3.63) is 282 Å². The zero-order valence-corrected chi connectivity index (χ0v) is 51.4. The van der Waals surface area contributed by atoms with Gasteiger partial charge in [-0.25, -0.2) is 9.97 Å². The third-order valence-electron chi connectivity index (χ3n) is 19.4. The quantitative estimate of drug-likeness (QED) is 0.170. The molecule has 12 heteroatoms. The average molecular weight is 1210 g/mol. The molecule has 0 spiro atoms. The number of nitrogens with zero attached hydrogens (tertiary/aromatic N) is 6. The number of halogens is 1. The third-order valence-corrected chi connectivity index (χ3v) is 19.6. The van der Waals surface area contributed by atoms with E-state index in [9.17, 15) is 0 Å². The van der Waals surface area contributed by atoms with Gasteiger partial charge < -0.3 is 18.9 Å². The van der Waals surface area contributed by atoms with Gasteiger partial charge in [0.25, 0.3) is 0 Å². The Labute approximate surface area is 532 Å². The number of furan rings is 2. The molecule has 12 aromatic carbocycles. The highest BCUT2D eigenvalue weighted by Gasteiger charge is 2.38. The predicted molar refractivity (Wildman–Crippen MR) is 375 cm³/mol. The van der Waals surface area contributed by atoms with Crippen molar-refractivity contribution < 1.29 is 18.9 Å². The topological polar surface area (TPSA) is 111 Å². The minimum absolute atomic E-state index is 0.0618. The molecule has 6 heterocycles. The summed E-state index contributed by atoms with van der Waals surface area (Å²) >= 11 is 6.40. The van der Waals surface area contributed by atoms with Gasteiger partial charge in [-0.3, -0.25) is 17.9 Å². The number of benzene rings is 12. The van der Waals surface area contributed by atoms with Crippen molar-refractivity contribution >= 4 is 124 Å². The van der Waals surface area contributed by atoms with Gasteiger partial charge in [0.15, 0.2) is 0 Å². The van der Waals surface area contributed by atoms with Crippen molar-refractivity contribution in [2.75, 3.05) is 0 Å². The Balaban J connectivity index is 0.000000113. The molecule has 440 valence electrons. The summed E-state index contributed by atoms with van der Waals surface area (Å²) in [6.07, 6.45) is 0. The lowest BCUT2D eigenvalue weighted by Crippen LogP contribution is -2.29. The fourth-order valence-corrected chi connectivity index (χ4v) is 15.1. The molecule has 0 atom stereocenters. The summed E-state index contributed by atoms with van der Waals surface area (Å²) in [7, 11) is -1.45. The van der Waals surface area contributed by atoms with E-state index >= 15 is 0 Å². The van der Waals surface area contributed by atoms with Gasteiger partial charge in [0.2, 0.25) is 11.6 Å². The summed E-state index contributed by atoms with van der Waals surface area (Å²) < 4.78 is 20.9. The van der Waals surface area contributed by atoms with Crippen LogP contribution in [-0.2, 0) is 10.8 Å². The van der Waals surface area contributed by atoms with Gasteiger partial charge in [0.1, 0.15) is 22.3 Å². The Bertz CT molecular complexity index is 6110. The lowest BCUT2D eigenvalue weighted by Gasteiger charge is -2.21. The SMILES string of the molecule is CC1(C)c2ccccc2-c2cc3c(cc21)n(-c1cccc(-c2ccc4oc5ccccc5c4c2)c1)c1nc2ccccc2n31.CC1(C)c2ccccc2-c2cc3c(cc21)n(-c1cccc(Cl)c1)c1nc2ccccc2n31.OB(O)c1ccc2oc3ccccc3c2c1. The van der Waals surface area contributed by atoms with Gasteiger partial charge in [0.05, 0.1) is 49.8 Å². The third kappa shape index (κ3) is 8.02. The van der Waals surface area contributed by atoms with Gasteiger partial charge in [-0.05, 0) is 170 Å². The molecule has 0 aliphatic heterocycles. The smallest absolute Gasteiger partial charge is 0.456 e. The monoisotopic (exact) mass is 1210 g/mol. The van der Waals surface area contributed by atoms with E-state index in [2.05, 4.69) is 222 Å². The number of imidazole rings is 4. The second kappa shape index (κ2) is 20.0. The molecule has 0 radical (unpaired) electrons. The number of hydrogen-bond donors (Lipinski definition) is 2. The molecule has 6 aromatic heterocycles. The Hall–Kier alpha value is -10.9. The van der Waals surface area contributed by atoms with Crippen LogP contribution >= 0.6 is 11.6 Å². The van der Waals surface area contributed by atoms with Crippen LogP contribution in [0, 0.1) is 0 Å². The molecule has 2 aliphatic carbocycles. The van der Waals surface area contributed by atoms with Crippen LogP contribution in [0.3, 0.4) is 0 Å². The Kier molecular flexibility index (Phi) is 11.8. The highest BCUT2D eigenvalue weighted by atomic mass is 35.5. The van der Waals surface area contributed by atoms with Gasteiger partial charge in [-0.1, -0.05) is 185 Å². The average Bonchev–Trinajstić information content (AvgIpc) is 1.56. The fourth-order valence-electron chi connectivity index (χ4n) is 14.9. The summed E-state index contributed by atoms with van der Waals surface area (Å²) in [6.45, 7) is 9.31. The molecule has 2 N–H and O–H groups in total. The van der Waals surface area contributed by atoms with Crippen LogP contribution in [0.15, 0.2) is 264 Å². The first-order valence-corrected chi connectivity index (χ1v) is 31.4. The molecule has 18 aromatic rings. The molecule has 2 aliphatic rings. The molecule has 0 bridgehead atoms. The second-order valence-corrected chi connectivity index (χ2v) is 25.8. The van der Waals surface area contributed by atoms with E-state index in [4.69, 9.17) is 40.5 Å². The van der Waals surface area contributed by atoms with E-state index in [0.717, 1.165) is 122 Å². The van der Waals surface area contributed by atoms with Gasteiger partial charge >= 0.3 is 7.12 Å². The summed E-state index contributed by atoms with van der Waals surface area (Å²) in [5.74, 6) is 1.82. The lowest BCUT2D eigenvalue weighted by atomic mass is 9.80. The van der Waals surface area contributed by atoms with Crippen molar-refractivity contribution in [1.29, 1.82) is 0 Å². The Morgan fingerprint density at radius 2 is 0.815 bits per heavy atom. The largest absolute Gasteiger partial charge is 0.488 e. The van der Waals surface area contributed by atoms with Crippen LogP contribution in [0.5, 0.6) is 0 Å². The van der Waals surface area contributed by atoms with Crippen molar-refractivity contribution in [1.82, 2.24) is 27.9 Å². The number of para-hydroxylation sites is 6. The van der Waals surface area contributed by atoms with Crippen LogP contribution in [0.4, 0.5) is 0 Å². The first-order valence-electron chi connectivity index (χ1n) is 31.0. The Morgan fingerprint density at radius 1 is 0.359 bits per heavy atom. The molecule has 0 unspecified atom stereocenters. The van der Waals surface area contributed by atoms with E-state index in [1.165, 1.54) is 44.5 Å².